The Balaban J connectivity index is 2.26. The Labute approximate surface area is 137 Å². The summed E-state index contributed by atoms with van der Waals surface area (Å²) in [6, 6.07) is 10.2. The first-order valence-corrected chi connectivity index (χ1v) is 8.80. The number of benzene rings is 2. The monoisotopic (exact) mass is 388 g/mol. The lowest BCUT2D eigenvalue weighted by molar-refractivity contribution is 0.598. The van der Waals surface area contributed by atoms with Gasteiger partial charge in [0.25, 0.3) is 0 Å². The number of sulfonamides is 1. The predicted octanol–water partition coefficient (Wildman–Crippen LogP) is 3.67. The average molecular weight is 390 g/mol. The van der Waals surface area contributed by atoms with Crippen molar-refractivity contribution in [3.63, 3.8) is 0 Å². The minimum absolute atomic E-state index is 0.0840. The fourth-order valence-corrected chi connectivity index (χ4v) is 2.96. The number of nitrogens with two attached hydrogens (primary N) is 1. The molecule has 2 aromatic rings. The van der Waals surface area contributed by atoms with Gasteiger partial charge in [0.1, 0.15) is 0 Å². The number of primary sulfonamides is 1. The van der Waals surface area contributed by atoms with Crippen molar-refractivity contribution in [2.75, 3.05) is 5.32 Å². The van der Waals surface area contributed by atoms with Crippen molar-refractivity contribution in [3.05, 3.63) is 57.0 Å². The third kappa shape index (κ3) is 4.20. The largest absolute Gasteiger partial charge is 0.381 e. The van der Waals surface area contributed by atoms with Crippen LogP contribution in [0.2, 0.25) is 5.02 Å². The second-order valence-corrected chi connectivity index (χ2v) is 7.46. The Morgan fingerprint density at radius 3 is 2.62 bits per heavy atom. The number of rotatable bonds is 4. The van der Waals surface area contributed by atoms with Crippen LogP contribution in [0, 0.1) is 6.92 Å². The van der Waals surface area contributed by atoms with Crippen molar-refractivity contribution < 1.29 is 8.42 Å². The third-order valence-electron chi connectivity index (χ3n) is 3.01. The van der Waals surface area contributed by atoms with Gasteiger partial charge in [-0.05, 0) is 48.4 Å². The normalized spacial score (nSPS) is 11.4. The van der Waals surface area contributed by atoms with Gasteiger partial charge in [0.2, 0.25) is 10.0 Å². The van der Waals surface area contributed by atoms with Crippen LogP contribution in [0.5, 0.6) is 0 Å². The van der Waals surface area contributed by atoms with Crippen molar-refractivity contribution in [2.24, 2.45) is 5.14 Å². The Hall–Kier alpha value is -1.08. The summed E-state index contributed by atoms with van der Waals surface area (Å²) in [4.78, 5) is 0.0840. The van der Waals surface area contributed by atoms with E-state index < -0.39 is 10.0 Å². The summed E-state index contributed by atoms with van der Waals surface area (Å²) in [6.07, 6.45) is 0. The lowest BCUT2D eigenvalue weighted by Gasteiger charge is -2.12. The number of anilines is 1. The van der Waals surface area contributed by atoms with Gasteiger partial charge < -0.3 is 5.32 Å². The molecular formula is C14H14BrClN2O2S. The highest BCUT2D eigenvalue weighted by Gasteiger charge is 2.10. The van der Waals surface area contributed by atoms with Gasteiger partial charge in [-0.15, -0.1) is 0 Å². The molecule has 2 rings (SSSR count). The Kier molecular flexibility index (Phi) is 4.93. The van der Waals surface area contributed by atoms with Crippen molar-refractivity contribution in [3.8, 4) is 0 Å². The summed E-state index contributed by atoms with van der Waals surface area (Å²) in [5.41, 5.74) is 2.62. The number of hydrogen-bond donors (Lipinski definition) is 2. The zero-order valence-corrected chi connectivity index (χ0v) is 14.4. The highest BCUT2D eigenvalue weighted by Crippen LogP contribution is 2.24. The van der Waals surface area contributed by atoms with Crippen LogP contribution in [0.25, 0.3) is 0 Å². The number of hydrogen-bond acceptors (Lipinski definition) is 3. The molecule has 0 aliphatic heterocycles. The van der Waals surface area contributed by atoms with E-state index in [0.29, 0.717) is 17.3 Å². The molecule has 4 nitrogen and oxygen atoms in total. The molecule has 112 valence electrons. The van der Waals surface area contributed by atoms with Crippen LogP contribution in [0.3, 0.4) is 0 Å². The van der Waals surface area contributed by atoms with Crippen molar-refractivity contribution in [1.82, 2.24) is 0 Å². The highest BCUT2D eigenvalue weighted by molar-refractivity contribution is 9.10. The first kappa shape index (κ1) is 16.3. The van der Waals surface area contributed by atoms with E-state index in [2.05, 4.69) is 21.2 Å². The molecule has 0 amide bonds. The third-order valence-corrected chi connectivity index (χ3v) is 4.93. The molecule has 0 atom stereocenters. The van der Waals surface area contributed by atoms with Gasteiger partial charge in [0, 0.05) is 21.7 Å². The van der Waals surface area contributed by atoms with Crippen LogP contribution in [0.4, 0.5) is 5.69 Å². The molecule has 0 aromatic heterocycles. The Morgan fingerprint density at radius 2 is 1.95 bits per heavy atom. The first-order valence-electron chi connectivity index (χ1n) is 6.08. The van der Waals surface area contributed by atoms with E-state index in [1.54, 1.807) is 12.1 Å². The van der Waals surface area contributed by atoms with Crippen molar-refractivity contribution in [2.45, 2.75) is 18.4 Å². The minimum atomic E-state index is -3.71. The van der Waals surface area contributed by atoms with Crippen LogP contribution >= 0.6 is 27.5 Å². The number of aryl methyl sites for hydroxylation is 1. The summed E-state index contributed by atoms with van der Waals surface area (Å²) < 4.78 is 23.7. The molecule has 0 aliphatic rings. The average Bonchev–Trinajstić information content (AvgIpc) is 2.40. The lowest BCUT2D eigenvalue weighted by Crippen LogP contribution is -2.13. The maximum Gasteiger partial charge on any atom is 0.238 e. The molecule has 0 fully saturated rings. The molecule has 0 saturated carbocycles. The van der Waals surface area contributed by atoms with Gasteiger partial charge in [-0.3, -0.25) is 0 Å². The molecule has 0 unspecified atom stereocenters. The van der Waals surface area contributed by atoms with Gasteiger partial charge in [0.15, 0.2) is 0 Å². The second kappa shape index (κ2) is 6.36. The van der Waals surface area contributed by atoms with Crippen LogP contribution in [0.1, 0.15) is 11.1 Å². The van der Waals surface area contributed by atoms with E-state index in [9.17, 15) is 8.42 Å². The van der Waals surface area contributed by atoms with E-state index in [4.69, 9.17) is 16.7 Å². The van der Waals surface area contributed by atoms with E-state index in [0.717, 1.165) is 15.6 Å². The summed E-state index contributed by atoms with van der Waals surface area (Å²) in [5, 5.41) is 8.99. The number of nitrogens with one attached hydrogen (secondary N) is 1. The summed E-state index contributed by atoms with van der Waals surface area (Å²) in [5.74, 6) is 0. The zero-order valence-electron chi connectivity index (χ0n) is 11.2. The van der Waals surface area contributed by atoms with Gasteiger partial charge in [0.05, 0.1) is 4.90 Å². The Bertz CT molecular complexity index is 779. The summed E-state index contributed by atoms with van der Waals surface area (Å²) in [7, 11) is -3.71. The molecule has 0 radical (unpaired) electrons. The van der Waals surface area contributed by atoms with Crippen molar-refractivity contribution in [1.29, 1.82) is 0 Å². The van der Waals surface area contributed by atoms with E-state index in [1.807, 2.05) is 19.1 Å². The fraction of sp³-hybridized carbons (Fsp3) is 0.143. The molecule has 0 bridgehead atoms. The Morgan fingerprint density at radius 1 is 1.24 bits per heavy atom. The number of halogens is 2. The maximum absolute atomic E-state index is 11.4. The first-order chi connectivity index (χ1) is 9.77. The van der Waals surface area contributed by atoms with Crippen LogP contribution in [-0.4, -0.2) is 8.42 Å². The van der Waals surface area contributed by atoms with E-state index in [-0.39, 0.29) is 4.90 Å². The molecule has 0 saturated heterocycles. The maximum atomic E-state index is 11.4. The van der Waals surface area contributed by atoms with E-state index >= 15 is 0 Å². The summed E-state index contributed by atoms with van der Waals surface area (Å²) >= 11 is 9.42. The minimum Gasteiger partial charge on any atom is -0.381 e. The molecule has 7 heteroatoms. The highest BCUT2D eigenvalue weighted by atomic mass is 79.9. The van der Waals surface area contributed by atoms with Crippen LogP contribution in [-0.2, 0) is 16.6 Å². The standard InChI is InChI=1S/C14H14BrClN2O2S/c1-9-2-4-12(21(17,19)20)7-14(9)18-8-10-6-11(16)3-5-13(10)15/h2-7,18H,8H2,1H3,(H2,17,19,20). The quantitative estimate of drug-likeness (QED) is 0.838. The molecule has 21 heavy (non-hydrogen) atoms. The second-order valence-electron chi connectivity index (χ2n) is 4.61. The molecule has 0 spiro atoms. The lowest BCUT2D eigenvalue weighted by atomic mass is 10.2. The molecule has 2 aromatic carbocycles. The van der Waals surface area contributed by atoms with Gasteiger partial charge in [-0.25, -0.2) is 13.6 Å². The van der Waals surface area contributed by atoms with Gasteiger partial charge >= 0.3 is 0 Å². The van der Waals surface area contributed by atoms with Crippen molar-refractivity contribution >= 4 is 43.2 Å². The molecule has 0 aliphatic carbocycles. The summed E-state index contributed by atoms with van der Waals surface area (Å²) in [6.45, 7) is 2.40. The van der Waals surface area contributed by atoms with Crippen LogP contribution < -0.4 is 10.5 Å². The fourth-order valence-electron chi connectivity index (χ4n) is 1.84. The smallest absolute Gasteiger partial charge is 0.238 e. The van der Waals surface area contributed by atoms with Crippen LogP contribution in [0.15, 0.2) is 45.8 Å². The van der Waals surface area contributed by atoms with Gasteiger partial charge in [-0.1, -0.05) is 33.6 Å². The van der Waals surface area contributed by atoms with E-state index in [1.165, 1.54) is 12.1 Å². The topological polar surface area (TPSA) is 72.2 Å². The predicted molar refractivity (Wildman–Crippen MR) is 89.0 cm³/mol. The SMILES string of the molecule is Cc1ccc(S(N)(=O)=O)cc1NCc1cc(Cl)ccc1Br. The zero-order chi connectivity index (χ0) is 15.6. The van der Waals surface area contributed by atoms with Gasteiger partial charge in [-0.2, -0.15) is 0 Å². The molecule has 3 N–H and O–H groups in total. The molecule has 0 heterocycles. The molecular weight excluding hydrogens is 376 g/mol.